The maximum Gasteiger partial charge on any atom is 0.0975 e. The molecule has 0 aliphatic rings. The van der Waals surface area contributed by atoms with E-state index >= 15 is 0 Å². The summed E-state index contributed by atoms with van der Waals surface area (Å²) in [6.07, 6.45) is 9.00. The maximum atomic E-state index is 5.34. The molecular formula is C12H22O2. The monoisotopic (exact) mass is 198 g/mol. The largest absolute Gasteiger partial charge is 0.502 e. The van der Waals surface area contributed by atoms with E-state index in [0.29, 0.717) is 6.10 Å². The first-order valence-corrected chi connectivity index (χ1v) is 5.34. The van der Waals surface area contributed by atoms with E-state index in [0.717, 1.165) is 25.9 Å². The van der Waals surface area contributed by atoms with Crippen LogP contribution in [0.25, 0.3) is 0 Å². The molecule has 1 atom stereocenters. The van der Waals surface area contributed by atoms with Crippen LogP contribution >= 0.6 is 0 Å². The van der Waals surface area contributed by atoms with Crippen molar-refractivity contribution < 1.29 is 9.47 Å². The molecule has 0 rings (SSSR count). The average molecular weight is 198 g/mol. The summed E-state index contributed by atoms with van der Waals surface area (Å²) in [6.45, 7) is 9.97. The summed E-state index contributed by atoms with van der Waals surface area (Å²) < 4.78 is 10.4. The van der Waals surface area contributed by atoms with Crippen LogP contribution < -0.4 is 0 Å². The van der Waals surface area contributed by atoms with Crippen molar-refractivity contribution in [2.75, 3.05) is 6.61 Å². The number of hydrogen-bond donors (Lipinski definition) is 0. The van der Waals surface area contributed by atoms with Crippen molar-refractivity contribution >= 4 is 0 Å². The van der Waals surface area contributed by atoms with Gasteiger partial charge in [0.15, 0.2) is 0 Å². The SMILES string of the molecule is C=COCCCCCC(CC)OC=C. The molecule has 0 aromatic heterocycles. The van der Waals surface area contributed by atoms with Gasteiger partial charge in [0.05, 0.1) is 25.2 Å². The normalized spacial score (nSPS) is 11.8. The highest BCUT2D eigenvalue weighted by molar-refractivity contribution is 4.61. The molecule has 0 aromatic rings. The highest BCUT2D eigenvalue weighted by Gasteiger charge is 2.03. The third-order valence-electron chi connectivity index (χ3n) is 2.15. The lowest BCUT2D eigenvalue weighted by Crippen LogP contribution is -2.07. The predicted molar refractivity (Wildman–Crippen MR) is 60.0 cm³/mol. The molecule has 0 bridgehead atoms. The Morgan fingerprint density at radius 3 is 2.50 bits per heavy atom. The smallest absolute Gasteiger partial charge is 0.0975 e. The lowest BCUT2D eigenvalue weighted by atomic mass is 10.1. The summed E-state index contributed by atoms with van der Waals surface area (Å²) in [6, 6.07) is 0. The van der Waals surface area contributed by atoms with E-state index in [9.17, 15) is 0 Å². The van der Waals surface area contributed by atoms with Crippen LogP contribution in [0, 0.1) is 0 Å². The van der Waals surface area contributed by atoms with E-state index < -0.39 is 0 Å². The first-order chi connectivity index (χ1) is 6.85. The molecule has 0 amide bonds. The topological polar surface area (TPSA) is 18.5 Å². The summed E-state index contributed by atoms with van der Waals surface area (Å²) in [4.78, 5) is 0. The second-order valence-electron chi connectivity index (χ2n) is 3.22. The van der Waals surface area contributed by atoms with Crippen LogP contribution in [0.2, 0.25) is 0 Å². The Morgan fingerprint density at radius 1 is 1.14 bits per heavy atom. The van der Waals surface area contributed by atoms with Crippen LogP contribution in [-0.4, -0.2) is 12.7 Å². The van der Waals surface area contributed by atoms with Crippen molar-refractivity contribution in [1.29, 1.82) is 0 Å². The Kier molecular flexibility index (Phi) is 9.49. The maximum absolute atomic E-state index is 5.34. The quantitative estimate of drug-likeness (QED) is 0.394. The van der Waals surface area contributed by atoms with Gasteiger partial charge < -0.3 is 9.47 Å². The van der Waals surface area contributed by atoms with Gasteiger partial charge in [-0.3, -0.25) is 0 Å². The molecule has 1 unspecified atom stereocenters. The highest BCUT2D eigenvalue weighted by Crippen LogP contribution is 2.10. The van der Waals surface area contributed by atoms with Crippen LogP contribution in [0.15, 0.2) is 25.7 Å². The second-order valence-corrected chi connectivity index (χ2v) is 3.22. The molecular weight excluding hydrogens is 176 g/mol. The summed E-state index contributed by atoms with van der Waals surface area (Å²) in [5, 5.41) is 0. The number of unbranched alkanes of at least 4 members (excludes halogenated alkanes) is 2. The molecule has 14 heavy (non-hydrogen) atoms. The van der Waals surface area contributed by atoms with Gasteiger partial charge in [-0.05, 0) is 32.1 Å². The van der Waals surface area contributed by atoms with Crippen LogP contribution in [0.4, 0.5) is 0 Å². The number of rotatable bonds is 10. The summed E-state index contributed by atoms with van der Waals surface area (Å²) in [5.41, 5.74) is 0. The Labute approximate surface area is 87.6 Å². The van der Waals surface area contributed by atoms with Gasteiger partial charge in [0, 0.05) is 0 Å². The van der Waals surface area contributed by atoms with Crippen LogP contribution in [0.1, 0.15) is 39.0 Å². The minimum atomic E-state index is 0.341. The van der Waals surface area contributed by atoms with Gasteiger partial charge >= 0.3 is 0 Å². The molecule has 0 saturated heterocycles. The van der Waals surface area contributed by atoms with E-state index in [4.69, 9.17) is 9.47 Å². The van der Waals surface area contributed by atoms with Crippen molar-refractivity contribution in [2.45, 2.75) is 45.1 Å². The van der Waals surface area contributed by atoms with Crippen molar-refractivity contribution in [3.05, 3.63) is 25.7 Å². The van der Waals surface area contributed by atoms with E-state index in [2.05, 4.69) is 20.1 Å². The fourth-order valence-corrected chi connectivity index (χ4v) is 1.32. The van der Waals surface area contributed by atoms with Gasteiger partial charge in [-0.1, -0.05) is 20.1 Å². The van der Waals surface area contributed by atoms with E-state index in [1.165, 1.54) is 25.4 Å². The van der Waals surface area contributed by atoms with Crippen molar-refractivity contribution in [1.82, 2.24) is 0 Å². The first kappa shape index (κ1) is 13.1. The third-order valence-corrected chi connectivity index (χ3v) is 2.15. The van der Waals surface area contributed by atoms with Crippen molar-refractivity contribution in [3.8, 4) is 0 Å². The number of hydrogen-bond acceptors (Lipinski definition) is 2. The van der Waals surface area contributed by atoms with Gasteiger partial charge in [0.2, 0.25) is 0 Å². The van der Waals surface area contributed by atoms with Gasteiger partial charge in [-0.2, -0.15) is 0 Å². The van der Waals surface area contributed by atoms with Crippen LogP contribution in [-0.2, 0) is 9.47 Å². The average Bonchev–Trinajstić information content (AvgIpc) is 2.21. The fraction of sp³-hybridized carbons (Fsp3) is 0.667. The summed E-state index contributed by atoms with van der Waals surface area (Å²) in [7, 11) is 0. The Hall–Kier alpha value is -0.920. The van der Waals surface area contributed by atoms with Crippen LogP contribution in [0.5, 0.6) is 0 Å². The Balaban J connectivity index is 3.23. The lowest BCUT2D eigenvalue weighted by Gasteiger charge is -2.13. The molecule has 2 heteroatoms. The van der Waals surface area contributed by atoms with Crippen molar-refractivity contribution in [3.63, 3.8) is 0 Å². The molecule has 0 aliphatic carbocycles. The molecule has 0 fully saturated rings. The van der Waals surface area contributed by atoms with Gasteiger partial charge in [0.1, 0.15) is 0 Å². The number of ether oxygens (including phenoxy) is 2. The molecule has 0 spiro atoms. The summed E-state index contributed by atoms with van der Waals surface area (Å²) >= 11 is 0. The van der Waals surface area contributed by atoms with Gasteiger partial charge in [0.25, 0.3) is 0 Å². The zero-order valence-electron chi connectivity index (χ0n) is 9.21. The van der Waals surface area contributed by atoms with Gasteiger partial charge in [-0.25, -0.2) is 0 Å². The molecule has 2 nitrogen and oxygen atoms in total. The van der Waals surface area contributed by atoms with E-state index in [-0.39, 0.29) is 0 Å². The Bertz CT molecular complexity index is 143. The molecule has 0 saturated carbocycles. The minimum absolute atomic E-state index is 0.341. The second kappa shape index (κ2) is 10.2. The standard InChI is InChI=1S/C12H22O2/c1-4-12(14-6-3)10-8-7-9-11-13-5-2/h5-6,12H,2-4,7-11H2,1H3. The van der Waals surface area contributed by atoms with E-state index in [1.807, 2.05) is 0 Å². The first-order valence-electron chi connectivity index (χ1n) is 5.34. The predicted octanol–water partition coefficient (Wildman–Crippen LogP) is 3.65. The van der Waals surface area contributed by atoms with Gasteiger partial charge in [-0.15, -0.1) is 0 Å². The minimum Gasteiger partial charge on any atom is -0.502 e. The third kappa shape index (κ3) is 7.71. The highest BCUT2D eigenvalue weighted by atomic mass is 16.5. The Morgan fingerprint density at radius 2 is 1.93 bits per heavy atom. The summed E-state index contributed by atoms with van der Waals surface area (Å²) in [5.74, 6) is 0. The molecule has 0 N–H and O–H groups in total. The molecule has 0 aromatic carbocycles. The van der Waals surface area contributed by atoms with Crippen LogP contribution in [0.3, 0.4) is 0 Å². The molecule has 0 heterocycles. The zero-order chi connectivity index (χ0) is 10.6. The fourth-order valence-electron chi connectivity index (χ4n) is 1.32. The van der Waals surface area contributed by atoms with E-state index in [1.54, 1.807) is 0 Å². The van der Waals surface area contributed by atoms with Crippen molar-refractivity contribution in [2.24, 2.45) is 0 Å². The zero-order valence-corrected chi connectivity index (χ0v) is 9.21. The molecule has 82 valence electrons. The lowest BCUT2D eigenvalue weighted by molar-refractivity contribution is 0.128. The molecule has 0 radical (unpaired) electrons. The molecule has 0 aliphatic heterocycles.